The van der Waals surface area contributed by atoms with Crippen LogP contribution in [0.15, 0.2) is 48.9 Å². The molecule has 43 heavy (non-hydrogen) atoms. The van der Waals surface area contributed by atoms with Gasteiger partial charge in [-0.1, -0.05) is 6.07 Å². The number of carbonyl (C=O) groups is 4. The number of aryl methyl sites for hydroxylation is 3. The Labute approximate surface area is 250 Å². The zero-order valence-electron chi connectivity index (χ0n) is 24.8. The number of nitrogens with zero attached hydrogens (tertiary/aromatic N) is 4. The molecular formula is C31H37N7O5. The number of pyridine rings is 1. The summed E-state index contributed by atoms with van der Waals surface area (Å²) in [5.41, 5.74) is 3.62. The van der Waals surface area contributed by atoms with Gasteiger partial charge in [-0.15, -0.1) is 0 Å². The minimum Gasteiger partial charge on any atom is -0.391 e. The van der Waals surface area contributed by atoms with Crippen molar-refractivity contribution in [1.29, 1.82) is 0 Å². The van der Waals surface area contributed by atoms with Crippen LogP contribution in [0.25, 0.3) is 11.4 Å². The van der Waals surface area contributed by atoms with Crippen molar-refractivity contribution in [3.63, 3.8) is 0 Å². The first kappa shape index (κ1) is 31.2. The number of aromatic nitrogens is 3. The molecule has 0 fully saturated rings. The smallest absolute Gasteiger partial charge is 0.257 e. The fourth-order valence-electron chi connectivity index (χ4n) is 4.86. The Kier molecular flexibility index (Phi) is 10.1. The average Bonchev–Trinajstić information content (AvgIpc) is 2.97. The summed E-state index contributed by atoms with van der Waals surface area (Å²) < 4.78 is 0. The molecule has 4 rings (SSSR count). The molecule has 1 aliphatic heterocycles. The number of aliphatic hydroxyl groups excluding tert-OH is 1. The van der Waals surface area contributed by atoms with E-state index >= 15 is 0 Å². The van der Waals surface area contributed by atoms with Crippen molar-refractivity contribution in [3.8, 4) is 11.4 Å². The number of hydrogen-bond acceptors (Lipinski definition) is 8. The first-order chi connectivity index (χ1) is 20.5. The number of amides is 4. The average molecular weight is 588 g/mol. The molecule has 1 aromatic carbocycles. The van der Waals surface area contributed by atoms with E-state index in [-0.39, 0.29) is 24.6 Å². The van der Waals surface area contributed by atoms with Crippen LogP contribution in [0, 0.1) is 13.8 Å². The summed E-state index contributed by atoms with van der Waals surface area (Å²) in [6.07, 6.45) is 4.71. The lowest BCUT2D eigenvalue weighted by molar-refractivity contribution is -0.126. The van der Waals surface area contributed by atoms with E-state index in [1.807, 2.05) is 19.1 Å². The number of rotatable bonds is 3. The molecule has 0 aliphatic carbocycles. The van der Waals surface area contributed by atoms with Crippen molar-refractivity contribution >= 4 is 23.6 Å². The lowest BCUT2D eigenvalue weighted by Crippen LogP contribution is -2.56. The zero-order valence-corrected chi connectivity index (χ0v) is 24.8. The number of aliphatic hydroxyl groups is 1. The van der Waals surface area contributed by atoms with Crippen LogP contribution < -0.4 is 16.0 Å². The van der Waals surface area contributed by atoms with Crippen molar-refractivity contribution in [2.75, 3.05) is 19.6 Å². The quantitative estimate of drug-likeness (QED) is 0.356. The molecule has 12 nitrogen and oxygen atoms in total. The first-order valence-corrected chi connectivity index (χ1v) is 14.2. The molecule has 0 radical (unpaired) electrons. The van der Waals surface area contributed by atoms with Crippen LogP contribution in [0.3, 0.4) is 0 Å². The van der Waals surface area contributed by atoms with Crippen LogP contribution in [-0.2, 0) is 16.0 Å². The highest BCUT2D eigenvalue weighted by Crippen LogP contribution is 2.17. The van der Waals surface area contributed by atoms with Gasteiger partial charge in [0.15, 0.2) is 5.82 Å². The maximum absolute atomic E-state index is 13.7. The van der Waals surface area contributed by atoms with E-state index in [2.05, 4.69) is 30.9 Å². The second-order valence-electron chi connectivity index (χ2n) is 10.8. The number of hydrogen-bond donors (Lipinski definition) is 4. The first-order valence-electron chi connectivity index (χ1n) is 14.2. The van der Waals surface area contributed by atoms with E-state index in [9.17, 15) is 24.3 Å². The monoisotopic (exact) mass is 587 g/mol. The van der Waals surface area contributed by atoms with E-state index in [4.69, 9.17) is 0 Å². The molecule has 0 unspecified atom stereocenters. The van der Waals surface area contributed by atoms with Crippen LogP contribution in [-0.4, -0.2) is 86.4 Å². The highest BCUT2D eigenvalue weighted by Gasteiger charge is 2.29. The summed E-state index contributed by atoms with van der Waals surface area (Å²) >= 11 is 0. The predicted molar refractivity (Wildman–Crippen MR) is 159 cm³/mol. The third kappa shape index (κ3) is 7.98. The van der Waals surface area contributed by atoms with Gasteiger partial charge in [0.1, 0.15) is 6.04 Å². The van der Waals surface area contributed by atoms with Crippen LogP contribution in [0.2, 0.25) is 0 Å². The molecule has 226 valence electrons. The molecule has 0 saturated heterocycles. The van der Waals surface area contributed by atoms with E-state index in [0.29, 0.717) is 42.0 Å². The lowest BCUT2D eigenvalue weighted by atomic mass is 10.00. The van der Waals surface area contributed by atoms with Gasteiger partial charge in [-0.3, -0.25) is 24.2 Å². The molecule has 4 amide bonds. The second-order valence-corrected chi connectivity index (χ2v) is 10.8. The standard InChI is InChI=1S/C31H37N7O5/c1-18-9-10-23-13-22(18)7-6-12-33-26(40)17-38(16-19(2)35-30(42)27(21(4)39)37-29(23)41)31(43)25-15-34-28(36-20(25)3)24-8-5-11-32-14-24/h5,8-11,13-15,19,21,27,39H,6-7,12,16-17H2,1-4H3,(H,33,40)(H,35,42)(H,37,41)/t19-,21-,27+/m1/s1. The van der Waals surface area contributed by atoms with E-state index in [0.717, 1.165) is 11.1 Å². The zero-order chi connectivity index (χ0) is 31.1. The fourth-order valence-corrected chi connectivity index (χ4v) is 4.86. The maximum atomic E-state index is 13.7. The minimum absolute atomic E-state index is 0.0256. The largest absolute Gasteiger partial charge is 0.391 e. The van der Waals surface area contributed by atoms with Crippen LogP contribution in [0.1, 0.15) is 57.8 Å². The van der Waals surface area contributed by atoms with Gasteiger partial charge in [0.05, 0.1) is 23.9 Å². The van der Waals surface area contributed by atoms with Gasteiger partial charge in [-0.2, -0.15) is 0 Å². The Morgan fingerprint density at radius 2 is 1.88 bits per heavy atom. The molecule has 12 heteroatoms. The number of nitrogens with one attached hydrogen (secondary N) is 3. The minimum atomic E-state index is -1.24. The Morgan fingerprint density at radius 1 is 1.09 bits per heavy atom. The van der Waals surface area contributed by atoms with Gasteiger partial charge in [0.25, 0.3) is 11.8 Å². The van der Waals surface area contributed by atoms with Gasteiger partial charge >= 0.3 is 0 Å². The summed E-state index contributed by atoms with van der Waals surface area (Å²) in [7, 11) is 0. The van der Waals surface area contributed by atoms with Crippen molar-refractivity contribution in [2.45, 2.75) is 58.7 Å². The van der Waals surface area contributed by atoms with Gasteiger partial charge in [0.2, 0.25) is 11.8 Å². The molecule has 3 aromatic rings. The fraction of sp³-hybridized carbons (Fsp3) is 0.387. The van der Waals surface area contributed by atoms with Gasteiger partial charge in [-0.25, -0.2) is 9.97 Å². The van der Waals surface area contributed by atoms with Crippen molar-refractivity contribution in [2.24, 2.45) is 0 Å². The van der Waals surface area contributed by atoms with Gasteiger partial charge in [0, 0.05) is 48.8 Å². The Hall–Kier alpha value is -4.71. The van der Waals surface area contributed by atoms with Crippen molar-refractivity contribution in [3.05, 3.63) is 76.9 Å². The molecule has 4 N–H and O–H groups in total. The van der Waals surface area contributed by atoms with E-state index in [1.54, 1.807) is 44.4 Å². The molecule has 1 aliphatic rings. The molecule has 0 saturated carbocycles. The lowest BCUT2D eigenvalue weighted by Gasteiger charge is -2.28. The van der Waals surface area contributed by atoms with E-state index in [1.165, 1.54) is 18.0 Å². The van der Waals surface area contributed by atoms with Gasteiger partial charge in [-0.05, 0) is 75.9 Å². The number of fused-ring (bicyclic) bond motifs is 2. The second kappa shape index (κ2) is 14.0. The summed E-state index contributed by atoms with van der Waals surface area (Å²) in [5, 5.41) is 18.6. The highest BCUT2D eigenvalue weighted by molar-refractivity contribution is 5.98. The SMILES string of the molecule is Cc1ccc2cc1CCCNC(=O)CN(C(=O)c1cnc(-c3cccnc3)nc1C)C[C@@H](C)NC(=O)[C@H]([C@@H](C)O)NC2=O. The van der Waals surface area contributed by atoms with Crippen LogP contribution >= 0.6 is 0 Å². The Morgan fingerprint density at radius 3 is 2.58 bits per heavy atom. The topological polar surface area (TPSA) is 167 Å². The summed E-state index contributed by atoms with van der Waals surface area (Å²) in [5.74, 6) is -1.53. The summed E-state index contributed by atoms with van der Waals surface area (Å²) in [6.45, 7) is 6.80. The van der Waals surface area contributed by atoms with Crippen molar-refractivity contribution in [1.82, 2.24) is 35.8 Å². The van der Waals surface area contributed by atoms with Crippen LogP contribution in [0.4, 0.5) is 0 Å². The molecule has 0 spiro atoms. The third-order valence-corrected chi connectivity index (χ3v) is 7.24. The molecule has 2 bridgehead atoms. The molecule has 3 heterocycles. The summed E-state index contributed by atoms with van der Waals surface area (Å²) in [4.78, 5) is 67.2. The Bertz CT molecular complexity index is 1500. The van der Waals surface area contributed by atoms with Crippen LogP contribution in [0.5, 0.6) is 0 Å². The van der Waals surface area contributed by atoms with Gasteiger partial charge < -0.3 is 26.0 Å². The Balaban J connectivity index is 1.60. The molecule has 3 atom stereocenters. The maximum Gasteiger partial charge on any atom is 0.257 e. The van der Waals surface area contributed by atoms with E-state index < -0.39 is 35.9 Å². The number of carbonyl (C=O) groups excluding carboxylic acids is 4. The normalized spacial score (nSPS) is 19.5. The predicted octanol–water partition coefficient (Wildman–Crippen LogP) is 1.34. The third-order valence-electron chi connectivity index (χ3n) is 7.24. The summed E-state index contributed by atoms with van der Waals surface area (Å²) in [6, 6.07) is 6.95. The molecule has 2 aromatic heterocycles. The number of benzene rings is 1. The molecular weight excluding hydrogens is 550 g/mol. The highest BCUT2D eigenvalue weighted by atomic mass is 16.3. The van der Waals surface area contributed by atoms with Crippen molar-refractivity contribution < 1.29 is 24.3 Å².